The molecule has 0 unspecified atom stereocenters. The van der Waals surface area contributed by atoms with Gasteiger partial charge in [0.05, 0.1) is 0 Å². The molecule has 18 aromatic carbocycles. The first-order chi connectivity index (χ1) is 62.7. The lowest BCUT2D eigenvalue weighted by molar-refractivity contribution is -0.0987. The van der Waals surface area contributed by atoms with Crippen molar-refractivity contribution in [2.45, 2.75) is 14.9 Å². The lowest BCUT2D eigenvalue weighted by atomic mass is 10.4. The van der Waals surface area contributed by atoms with Crippen LogP contribution in [0.4, 0.5) is 0 Å². The van der Waals surface area contributed by atoms with Gasteiger partial charge in [0.25, 0.3) is 0 Å². The lowest BCUT2D eigenvalue weighted by Gasteiger charge is -2.18. The Bertz CT molecular complexity index is 4210. The first kappa shape index (κ1) is 105. The van der Waals surface area contributed by atoms with E-state index in [1.165, 1.54) is 95.5 Å². The molecular weight excluding hydrogens is 1680 g/mol. The molecule has 0 radical (unpaired) electrons. The number of carbonyl (C=O) groups excluding carboxylic acids is 6. The third kappa shape index (κ3) is 34.1. The summed E-state index contributed by atoms with van der Waals surface area (Å²) in [7, 11) is -2.68. The minimum atomic E-state index is -0.446. The zero-order chi connectivity index (χ0) is 89.5. The highest BCUT2D eigenvalue weighted by atomic mass is 31.1. The molecule has 0 aromatic heterocycles. The zero-order valence-electron chi connectivity index (χ0n) is 70.3. The van der Waals surface area contributed by atoms with E-state index >= 15 is 0 Å². The molecule has 642 valence electrons. The molecule has 0 aliphatic carbocycles. The van der Waals surface area contributed by atoms with Crippen molar-refractivity contribution in [3.05, 3.63) is 546 Å². The van der Waals surface area contributed by atoms with Crippen molar-refractivity contribution in [3.63, 3.8) is 0 Å². The summed E-state index contributed by atoms with van der Waals surface area (Å²) in [5, 5.41) is 25.2. The van der Waals surface area contributed by atoms with Crippen LogP contribution in [0.15, 0.2) is 546 Å². The van der Waals surface area contributed by atoms with E-state index in [1.807, 2.05) is 40.7 Å². The summed E-state index contributed by atoms with van der Waals surface area (Å²) in [6, 6.07) is 194. The van der Waals surface area contributed by atoms with Gasteiger partial charge in [0.15, 0.2) is 0 Å². The van der Waals surface area contributed by atoms with Crippen molar-refractivity contribution in [2.75, 3.05) is 0 Å². The third-order valence-corrected chi connectivity index (χ3v) is 32.9. The Morgan fingerprint density at radius 3 is 0.172 bits per heavy atom. The maximum atomic E-state index is 8.00. The summed E-state index contributed by atoms with van der Waals surface area (Å²) in [6.45, 7) is 12.0. The molecule has 128 heavy (non-hydrogen) atoms. The molecule has 18 aromatic rings. The predicted octanol–water partition coefficient (Wildman–Crippen LogP) is 21.1. The van der Waals surface area contributed by atoms with Crippen LogP contribution in [0.2, 0.25) is 0 Å². The molecule has 0 N–H and O–H groups in total. The van der Waals surface area contributed by atoms with E-state index < -0.39 is 47.5 Å². The normalized spacial score (nSPS) is 9.61. The van der Waals surface area contributed by atoms with Gasteiger partial charge in [0, 0.05) is 1.43 Å². The molecule has 0 aliphatic rings. The first-order valence-electron chi connectivity index (χ1n) is 40.1. The smallest absolute Gasteiger partial charge is 0.106 e. The van der Waals surface area contributed by atoms with E-state index in [0.29, 0.717) is 0 Å². The van der Waals surface area contributed by atoms with Crippen LogP contribution in [-0.4, -0.2) is 40.7 Å². The molecule has 0 atom stereocenters. The molecular formula is C116H112O6P6. The van der Waals surface area contributed by atoms with Crippen molar-refractivity contribution < 1.29 is 30.2 Å². The maximum Gasteiger partial charge on any atom is 0.106 e. The molecule has 18 rings (SSSR count). The third-order valence-electron chi connectivity index (χ3n) is 18.3. The Morgan fingerprint density at radius 1 is 0.0938 bits per heavy atom. The molecule has 0 saturated heterocycles. The second-order valence-electron chi connectivity index (χ2n) is 26.1. The van der Waals surface area contributed by atoms with Gasteiger partial charge in [0.2, 0.25) is 0 Å². The lowest BCUT2D eigenvalue weighted by Crippen LogP contribution is -2.20. The van der Waals surface area contributed by atoms with Crippen LogP contribution in [0.1, 0.15) is 16.3 Å². The van der Waals surface area contributed by atoms with Gasteiger partial charge in [-0.25, -0.2) is 0 Å². The van der Waals surface area contributed by atoms with E-state index in [-0.39, 0.29) is 16.3 Å². The standard InChI is InChI=1S/6C18H15P.6CH2O.2CH4.H2/c6*1-4-10-16(11-5-1)19(17-12-6-2-7-13-17)18-14-8-3-9-15-18;6*1-2;;;/h6*1-15H;6*1H2;2*1H4;1H. The molecule has 0 amide bonds. The number of hydrogen-bond donors (Lipinski definition) is 0. The maximum absolute atomic E-state index is 8.00. The topological polar surface area (TPSA) is 102 Å². The number of carbonyl (C=O) groups is 6. The quantitative estimate of drug-likeness (QED) is 0.0793. The Labute approximate surface area is 769 Å². The van der Waals surface area contributed by atoms with Gasteiger partial charge in [-0.3, -0.25) is 0 Å². The van der Waals surface area contributed by atoms with Crippen LogP contribution in [-0.2, 0) is 28.8 Å². The number of benzene rings is 18. The fourth-order valence-electron chi connectivity index (χ4n) is 13.1. The number of rotatable bonds is 18. The van der Waals surface area contributed by atoms with Crippen molar-refractivity contribution in [2.24, 2.45) is 0 Å². The van der Waals surface area contributed by atoms with E-state index in [2.05, 4.69) is 546 Å². The van der Waals surface area contributed by atoms with Gasteiger partial charge in [-0.05, 0) is 143 Å². The summed E-state index contributed by atoms with van der Waals surface area (Å²) < 4.78 is 0. The highest BCUT2D eigenvalue weighted by Gasteiger charge is 2.21. The first-order valence-corrected chi connectivity index (χ1v) is 48.2. The van der Waals surface area contributed by atoms with Crippen LogP contribution in [0.5, 0.6) is 0 Å². The van der Waals surface area contributed by atoms with Crippen LogP contribution in [0.3, 0.4) is 0 Å². The molecule has 0 bridgehead atoms. The summed E-state index contributed by atoms with van der Waals surface area (Å²) in [5.74, 6) is 0. The van der Waals surface area contributed by atoms with Gasteiger partial charge in [-0.15, -0.1) is 0 Å². The Hall–Kier alpha value is -13.4. The monoisotopic (exact) mass is 1790 g/mol. The summed E-state index contributed by atoms with van der Waals surface area (Å²) in [6.07, 6.45) is 0. The van der Waals surface area contributed by atoms with Crippen LogP contribution in [0.25, 0.3) is 0 Å². The van der Waals surface area contributed by atoms with Crippen molar-refractivity contribution in [1.29, 1.82) is 0 Å². The van der Waals surface area contributed by atoms with Gasteiger partial charge >= 0.3 is 0 Å². The fraction of sp³-hybridized carbons (Fsp3) is 0.0172. The van der Waals surface area contributed by atoms with Crippen molar-refractivity contribution in [3.8, 4) is 0 Å². The average Bonchev–Trinajstić information content (AvgIpc) is 0.851. The number of hydrogen-bond acceptors (Lipinski definition) is 6. The van der Waals surface area contributed by atoms with E-state index in [0.717, 1.165) is 0 Å². The SMILES string of the molecule is C.C.C=O.C=O.C=O.C=O.C=O.C=O.[HH].c1ccc(P(c2ccccc2)c2ccccc2)cc1.c1ccc(P(c2ccccc2)c2ccccc2)cc1.c1ccc(P(c2ccccc2)c2ccccc2)cc1.c1ccc(P(c2ccccc2)c2ccccc2)cc1.c1ccc(P(c2ccccc2)c2ccccc2)cc1.c1ccc(P(c2ccccc2)c2ccccc2)cc1. The minimum Gasteiger partial charge on any atom is -0.307 e. The van der Waals surface area contributed by atoms with E-state index in [1.54, 1.807) is 0 Å². The molecule has 0 fully saturated rings. The highest BCUT2D eigenvalue weighted by Crippen LogP contribution is 2.37. The Balaban J connectivity index is 0.000000315. The summed E-state index contributed by atoms with van der Waals surface area (Å²) in [4.78, 5) is 48.0. The van der Waals surface area contributed by atoms with Gasteiger partial charge in [0.1, 0.15) is 40.7 Å². The molecule has 0 aliphatic heterocycles. The predicted molar refractivity (Wildman–Crippen MR) is 569 cm³/mol. The molecule has 12 heteroatoms. The van der Waals surface area contributed by atoms with Gasteiger partial charge in [-0.2, -0.15) is 0 Å². The Kier molecular flexibility index (Phi) is 53.5. The Morgan fingerprint density at radius 2 is 0.133 bits per heavy atom. The zero-order valence-corrected chi connectivity index (χ0v) is 75.7. The second-order valence-corrected chi connectivity index (χ2v) is 39.4. The van der Waals surface area contributed by atoms with Crippen molar-refractivity contribution in [1.82, 2.24) is 0 Å². The molecule has 0 saturated carbocycles. The van der Waals surface area contributed by atoms with E-state index in [9.17, 15) is 0 Å². The average molecular weight is 1790 g/mol. The van der Waals surface area contributed by atoms with E-state index in [4.69, 9.17) is 28.8 Å². The molecule has 0 heterocycles. The summed E-state index contributed by atoms with van der Waals surface area (Å²) in [5.41, 5.74) is 0. The summed E-state index contributed by atoms with van der Waals surface area (Å²) >= 11 is 0. The minimum absolute atomic E-state index is 0. The van der Waals surface area contributed by atoms with Gasteiger partial charge in [-0.1, -0.05) is 561 Å². The van der Waals surface area contributed by atoms with Crippen LogP contribution >= 0.6 is 47.5 Å². The van der Waals surface area contributed by atoms with Crippen LogP contribution < -0.4 is 95.5 Å². The molecule has 0 spiro atoms. The van der Waals surface area contributed by atoms with Crippen LogP contribution in [0, 0.1) is 0 Å². The highest BCUT2D eigenvalue weighted by molar-refractivity contribution is 7.82. The largest absolute Gasteiger partial charge is 0.307 e. The second kappa shape index (κ2) is 65.2. The molecule has 6 nitrogen and oxygen atoms in total. The van der Waals surface area contributed by atoms with Crippen molar-refractivity contribution >= 4 is 184 Å². The van der Waals surface area contributed by atoms with Gasteiger partial charge < -0.3 is 28.8 Å². The fourth-order valence-corrected chi connectivity index (χ4v) is 26.9.